The monoisotopic (exact) mass is 367 g/mol. The van der Waals surface area contributed by atoms with Gasteiger partial charge in [-0.05, 0) is 67.0 Å². The van der Waals surface area contributed by atoms with Gasteiger partial charge in [0.05, 0.1) is 17.7 Å². The number of fused-ring (bicyclic) bond motifs is 1. The Morgan fingerprint density at radius 3 is 2.56 bits per heavy atom. The number of alkyl halides is 2. The summed E-state index contributed by atoms with van der Waals surface area (Å²) in [4.78, 5) is 13.2. The van der Waals surface area contributed by atoms with Crippen molar-refractivity contribution in [2.24, 2.45) is 5.41 Å². The second-order valence-corrected chi connectivity index (χ2v) is 7.45. The molecule has 0 aliphatic heterocycles. The van der Waals surface area contributed by atoms with E-state index < -0.39 is 18.1 Å². The topological polar surface area (TPSA) is 50.1 Å². The fraction of sp³-hybridized carbons (Fsp3) is 0.364. The van der Waals surface area contributed by atoms with Crippen molar-refractivity contribution >= 4 is 5.78 Å². The quantitative estimate of drug-likeness (QED) is 0.755. The fourth-order valence-corrected chi connectivity index (χ4v) is 4.45. The predicted octanol–water partition coefficient (Wildman–Crippen LogP) is 5.13. The van der Waals surface area contributed by atoms with Gasteiger partial charge in [-0.3, -0.25) is 4.79 Å². The molecule has 1 fully saturated rings. The zero-order valence-corrected chi connectivity index (χ0v) is 14.8. The Bertz CT molecular complexity index is 924. The molecule has 1 saturated carbocycles. The van der Waals surface area contributed by atoms with Gasteiger partial charge in [-0.25, -0.2) is 0 Å². The van der Waals surface area contributed by atoms with E-state index in [1.807, 2.05) is 36.4 Å². The first kappa shape index (κ1) is 17.8. The zero-order valence-electron chi connectivity index (χ0n) is 14.8. The standard InChI is InChI=1S/C22H19F2NO2/c23-21(24)27-18-6-8-22(9-7-18)12-17-5-4-16(11-19(17)20(22)26)15-3-1-2-14(10-15)13-25/h1-5,10-11,18,21H,6-9,12H2. The Hall–Kier alpha value is -2.58. The van der Waals surface area contributed by atoms with Gasteiger partial charge < -0.3 is 4.74 Å². The second-order valence-electron chi connectivity index (χ2n) is 7.45. The molecule has 0 heterocycles. The molecule has 2 aromatic carbocycles. The number of hydrogen-bond acceptors (Lipinski definition) is 3. The van der Waals surface area contributed by atoms with Crippen molar-refractivity contribution in [2.75, 3.05) is 0 Å². The molecule has 0 radical (unpaired) electrons. The molecule has 5 heteroatoms. The molecule has 2 aliphatic carbocycles. The molecule has 27 heavy (non-hydrogen) atoms. The van der Waals surface area contributed by atoms with Crippen molar-refractivity contribution in [2.45, 2.75) is 44.8 Å². The SMILES string of the molecule is N#Cc1cccc(-c2ccc3c(c2)C(=O)C2(CCC(OC(F)F)CC2)C3)c1. The van der Waals surface area contributed by atoms with E-state index in [4.69, 9.17) is 5.26 Å². The van der Waals surface area contributed by atoms with E-state index in [9.17, 15) is 13.6 Å². The van der Waals surface area contributed by atoms with Crippen LogP contribution in [0.2, 0.25) is 0 Å². The normalized spacial score (nSPS) is 24.2. The average Bonchev–Trinajstić information content (AvgIpc) is 2.95. The molecular formula is C22H19F2NO2. The number of halogens is 2. The fourth-order valence-electron chi connectivity index (χ4n) is 4.45. The smallest absolute Gasteiger partial charge is 0.320 e. The summed E-state index contributed by atoms with van der Waals surface area (Å²) in [5, 5.41) is 9.09. The van der Waals surface area contributed by atoms with Crippen LogP contribution in [-0.4, -0.2) is 18.5 Å². The Kier molecular flexibility index (Phi) is 4.53. The molecule has 0 N–H and O–H groups in total. The number of nitrogens with zero attached hydrogens (tertiary/aromatic N) is 1. The summed E-state index contributed by atoms with van der Waals surface area (Å²) >= 11 is 0. The van der Waals surface area contributed by atoms with Crippen molar-refractivity contribution in [1.29, 1.82) is 5.26 Å². The van der Waals surface area contributed by atoms with Crippen molar-refractivity contribution in [3.8, 4) is 17.2 Å². The maximum Gasteiger partial charge on any atom is 0.345 e. The minimum Gasteiger partial charge on any atom is -0.320 e. The molecule has 0 amide bonds. The highest BCUT2D eigenvalue weighted by molar-refractivity contribution is 6.05. The number of ether oxygens (including phenoxy) is 1. The van der Waals surface area contributed by atoms with Crippen LogP contribution in [0.3, 0.4) is 0 Å². The molecule has 4 rings (SSSR count). The number of Topliss-reactive ketones (excluding diaryl/α,β-unsaturated/α-hetero) is 1. The lowest BCUT2D eigenvalue weighted by molar-refractivity contribution is -0.173. The van der Waals surface area contributed by atoms with E-state index in [1.165, 1.54) is 0 Å². The largest absolute Gasteiger partial charge is 0.345 e. The van der Waals surface area contributed by atoms with Crippen molar-refractivity contribution in [1.82, 2.24) is 0 Å². The number of carbonyl (C=O) groups is 1. The van der Waals surface area contributed by atoms with Gasteiger partial charge in [-0.1, -0.05) is 24.3 Å². The zero-order chi connectivity index (χ0) is 19.0. The first-order valence-corrected chi connectivity index (χ1v) is 9.13. The third-order valence-electron chi connectivity index (χ3n) is 5.88. The second kappa shape index (κ2) is 6.86. The summed E-state index contributed by atoms with van der Waals surface area (Å²) < 4.78 is 29.5. The number of rotatable bonds is 3. The number of ketones is 1. The van der Waals surface area contributed by atoms with Gasteiger partial charge in [0.15, 0.2) is 5.78 Å². The molecule has 2 aromatic rings. The maximum atomic E-state index is 13.2. The van der Waals surface area contributed by atoms with Crippen molar-refractivity contribution < 1.29 is 18.3 Å². The van der Waals surface area contributed by atoms with Gasteiger partial charge in [0.1, 0.15) is 0 Å². The molecule has 0 bridgehead atoms. The van der Waals surface area contributed by atoms with Crippen LogP contribution >= 0.6 is 0 Å². The van der Waals surface area contributed by atoms with Gasteiger partial charge in [-0.2, -0.15) is 14.0 Å². The minimum atomic E-state index is -2.76. The predicted molar refractivity (Wildman–Crippen MR) is 96.4 cm³/mol. The van der Waals surface area contributed by atoms with Crippen LogP contribution in [0, 0.1) is 16.7 Å². The molecule has 0 atom stereocenters. The number of carbonyl (C=O) groups excluding carboxylic acids is 1. The summed E-state index contributed by atoms with van der Waals surface area (Å²) in [6.45, 7) is -2.76. The molecule has 0 unspecified atom stereocenters. The van der Waals surface area contributed by atoms with Gasteiger partial charge in [-0.15, -0.1) is 0 Å². The molecular weight excluding hydrogens is 348 g/mol. The summed E-state index contributed by atoms with van der Waals surface area (Å²) in [7, 11) is 0. The minimum absolute atomic E-state index is 0.117. The van der Waals surface area contributed by atoms with Crippen LogP contribution in [0.25, 0.3) is 11.1 Å². The Labute approximate surface area is 156 Å². The summed E-state index contributed by atoms with van der Waals surface area (Å²) in [5.74, 6) is 0.117. The lowest BCUT2D eigenvalue weighted by Gasteiger charge is -2.35. The van der Waals surface area contributed by atoms with E-state index in [0.717, 1.165) is 22.3 Å². The Balaban J connectivity index is 1.58. The Morgan fingerprint density at radius 2 is 1.85 bits per heavy atom. The highest BCUT2D eigenvalue weighted by atomic mass is 19.3. The Morgan fingerprint density at radius 1 is 1.11 bits per heavy atom. The maximum absolute atomic E-state index is 13.2. The summed E-state index contributed by atoms with van der Waals surface area (Å²) in [6, 6.07) is 15.3. The number of hydrogen-bond donors (Lipinski definition) is 0. The lowest BCUT2D eigenvalue weighted by atomic mass is 9.70. The van der Waals surface area contributed by atoms with Crippen LogP contribution < -0.4 is 0 Å². The van der Waals surface area contributed by atoms with Gasteiger partial charge in [0, 0.05) is 11.0 Å². The highest BCUT2D eigenvalue weighted by Crippen LogP contribution is 2.48. The van der Waals surface area contributed by atoms with Gasteiger partial charge in [0.25, 0.3) is 0 Å². The van der Waals surface area contributed by atoms with Crippen LogP contribution in [0.1, 0.15) is 47.2 Å². The first-order chi connectivity index (χ1) is 13.0. The first-order valence-electron chi connectivity index (χ1n) is 9.13. The van der Waals surface area contributed by atoms with Crippen molar-refractivity contribution in [3.63, 3.8) is 0 Å². The molecule has 3 nitrogen and oxygen atoms in total. The van der Waals surface area contributed by atoms with E-state index in [2.05, 4.69) is 10.8 Å². The van der Waals surface area contributed by atoms with Crippen LogP contribution in [0.5, 0.6) is 0 Å². The van der Waals surface area contributed by atoms with E-state index in [1.54, 1.807) is 6.07 Å². The highest BCUT2D eigenvalue weighted by Gasteiger charge is 2.47. The van der Waals surface area contributed by atoms with Crippen LogP contribution in [0.15, 0.2) is 42.5 Å². The van der Waals surface area contributed by atoms with Crippen LogP contribution in [-0.2, 0) is 11.2 Å². The number of nitriles is 1. The molecule has 1 spiro atoms. The van der Waals surface area contributed by atoms with Crippen molar-refractivity contribution in [3.05, 3.63) is 59.2 Å². The molecule has 138 valence electrons. The molecule has 0 saturated heterocycles. The van der Waals surface area contributed by atoms with E-state index >= 15 is 0 Å². The average molecular weight is 367 g/mol. The third kappa shape index (κ3) is 3.26. The summed E-state index contributed by atoms with van der Waals surface area (Å²) in [5.41, 5.74) is 3.66. The molecule has 0 aromatic heterocycles. The summed E-state index contributed by atoms with van der Waals surface area (Å²) in [6.07, 6.45) is 2.34. The van der Waals surface area contributed by atoms with Gasteiger partial charge >= 0.3 is 6.61 Å². The molecule has 2 aliphatic rings. The van der Waals surface area contributed by atoms with Gasteiger partial charge in [0.2, 0.25) is 0 Å². The number of benzene rings is 2. The van der Waals surface area contributed by atoms with E-state index in [-0.39, 0.29) is 5.78 Å². The van der Waals surface area contributed by atoms with Crippen LogP contribution in [0.4, 0.5) is 8.78 Å². The van der Waals surface area contributed by atoms with E-state index in [0.29, 0.717) is 37.7 Å². The third-order valence-corrected chi connectivity index (χ3v) is 5.88. The lowest BCUT2D eigenvalue weighted by Crippen LogP contribution is -2.36.